The van der Waals surface area contributed by atoms with E-state index in [-0.39, 0.29) is 5.97 Å². The van der Waals surface area contributed by atoms with E-state index in [1.807, 2.05) is 13.8 Å². The smallest absolute Gasteiger partial charge is 0.338 e. The van der Waals surface area contributed by atoms with E-state index in [4.69, 9.17) is 10.5 Å². The van der Waals surface area contributed by atoms with Crippen LogP contribution in [-0.4, -0.2) is 24.7 Å². The maximum atomic E-state index is 12.1. The summed E-state index contributed by atoms with van der Waals surface area (Å²) in [4.78, 5) is 12.1. The van der Waals surface area contributed by atoms with Gasteiger partial charge in [-0.1, -0.05) is 0 Å². The van der Waals surface area contributed by atoms with E-state index in [9.17, 15) is 4.79 Å². The maximum absolute atomic E-state index is 12.1. The van der Waals surface area contributed by atoms with Crippen molar-refractivity contribution in [3.8, 4) is 0 Å². The van der Waals surface area contributed by atoms with Gasteiger partial charge in [-0.25, -0.2) is 4.79 Å². The lowest BCUT2D eigenvalue weighted by Crippen LogP contribution is -2.42. The summed E-state index contributed by atoms with van der Waals surface area (Å²) in [5, 5.41) is 3.32. The van der Waals surface area contributed by atoms with Gasteiger partial charge in [-0.2, -0.15) is 0 Å². The monoisotopic (exact) mass is 262 g/mol. The van der Waals surface area contributed by atoms with Crippen LogP contribution in [0.5, 0.6) is 0 Å². The summed E-state index contributed by atoms with van der Waals surface area (Å²) in [5.41, 5.74) is 6.38. The summed E-state index contributed by atoms with van der Waals surface area (Å²) in [7, 11) is 0. The quantitative estimate of drug-likeness (QED) is 0.647. The number of nitrogens with two attached hydrogens (primary N) is 1. The first kappa shape index (κ1) is 13.9. The number of nitrogen functional groups attached to an aromatic ring is 1. The minimum atomic E-state index is -0.430. The lowest BCUT2D eigenvalue weighted by Gasteiger charge is -2.36. The summed E-state index contributed by atoms with van der Waals surface area (Å²) in [6, 6.07) is 6.84. The van der Waals surface area contributed by atoms with Crippen molar-refractivity contribution >= 4 is 11.7 Å². The number of ether oxygens (including phenoxy) is 1. The average molecular weight is 262 g/mol. The molecule has 0 radical (unpaired) electrons. The van der Waals surface area contributed by atoms with Crippen molar-refractivity contribution in [1.82, 2.24) is 5.32 Å². The molecule has 0 spiro atoms. The molecule has 1 aromatic rings. The molecular formula is C15H22N2O2. The minimum absolute atomic E-state index is 0.275. The van der Waals surface area contributed by atoms with Crippen LogP contribution in [0.15, 0.2) is 24.3 Å². The Balaban J connectivity index is 2.02. The van der Waals surface area contributed by atoms with Crippen LogP contribution in [0.2, 0.25) is 0 Å². The Hall–Kier alpha value is -1.55. The SMILES string of the molecule is CC(C)(OC(=O)c1ccc(N)cc1)C1CCNCC1. The predicted molar refractivity (Wildman–Crippen MR) is 75.9 cm³/mol. The van der Waals surface area contributed by atoms with E-state index in [0.29, 0.717) is 17.2 Å². The molecule has 4 nitrogen and oxygen atoms in total. The lowest BCUT2D eigenvalue weighted by molar-refractivity contribution is -0.0368. The Morgan fingerprint density at radius 3 is 2.42 bits per heavy atom. The summed E-state index contributed by atoms with van der Waals surface area (Å²) in [6.07, 6.45) is 2.09. The Labute approximate surface area is 114 Å². The van der Waals surface area contributed by atoms with Crippen LogP contribution < -0.4 is 11.1 Å². The molecule has 1 aromatic carbocycles. The first-order chi connectivity index (χ1) is 8.99. The molecule has 19 heavy (non-hydrogen) atoms. The van der Waals surface area contributed by atoms with Gasteiger partial charge in [0.25, 0.3) is 0 Å². The normalized spacial score (nSPS) is 17.2. The standard InChI is InChI=1S/C15H22N2O2/c1-15(2,12-7-9-17-10-8-12)19-14(18)11-3-5-13(16)6-4-11/h3-6,12,17H,7-10,16H2,1-2H3. The highest BCUT2D eigenvalue weighted by atomic mass is 16.6. The van der Waals surface area contributed by atoms with Gasteiger partial charge >= 0.3 is 5.97 Å². The Bertz CT molecular complexity index is 434. The molecule has 0 aliphatic carbocycles. The molecule has 0 amide bonds. The van der Waals surface area contributed by atoms with Crippen molar-refractivity contribution in [1.29, 1.82) is 0 Å². The van der Waals surface area contributed by atoms with E-state index < -0.39 is 5.60 Å². The highest BCUT2D eigenvalue weighted by Gasteiger charge is 2.34. The van der Waals surface area contributed by atoms with Gasteiger partial charge in [0.1, 0.15) is 5.60 Å². The number of carbonyl (C=O) groups is 1. The predicted octanol–water partition coefficient (Wildman–Crippen LogP) is 2.20. The zero-order valence-electron chi connectivity index (χ0n) is 11.6. The van der Waals surface area contributed by atoms with Crippen LogP contribution in [0.3, 0.4) is 0 Å². The summed E-state index contributed by atoms with van der Waals surface area (Å²) < 4.78 is 5.70. The van der Waals surface area contributed by atoms with E-state index in [0.717, 1.165) is 25.9 Å². The number of hydrogen-bond donors (Lipinski definition) is 2. The van der Waals surface area contributed by atoms with Crippen molar-refractivity contribution in [3.63, 3.8) is 0 Å². The van der Waals surface area contributed by atoms with Gasteiger partial charge in [-0.3, -0.25) is 0 Å². The second kappa shape index (κ2) is 5.61. The number of anilines is 1. The van der Waals surface area contributed by atoms with Crippen molar-refractivity contribution < 1.29 is 9.53 Å². The molecule has 1 saturated heterocycles. The Morgan fingerprint density at radius 2 is 1.84 bits per heavy atom. The number of esters is 1. The summed E-state index contributed by atoms with van der Waals surface area (Å²) in [5.74, 6) is 0.134. The van der Waals surface area contributed by atoms with Gasteiger partial charge in [0.05, 0.1) is 5.56 Å². The number of benzene rings is 1. The lowest BCUT2D eigenvalue weighted by atomic mass is 9.83. The zero-order chi connectivity index (χ0) is 13.9. The van der Waals surface area contributed by atoms with Crippen molar-refractivity contribution in [2.75, 3.05) is 18.8 Å². The summed E-state index contributed by atoms with van der Waals surface area (Å²) >= 11 is 0. The fourth-order valence-corrected chi connectivity index (χ4v) is 2.52. The van der Waals surface area contributed by atoms with Crippen LogP contribution in [0.4, 0.5) is 5.69 Å². The van der Waals surface area contributed by atoms with E-state index >= 15 is 0 Å². The first-order valence-electron chi connectivity index (χ1n) is 6.78. The summed E-state index contributed by atoms with van der Waals surface area (Å²) in [6.45, 7) is 5.98. The van der Waals surface area contributed by atoms with Crippen LogP contribution in [0.1, 0.15) is 37.0 Å². The second-order valence-electron chi connectivity index (χ2n) is 5.64. The molecule has 4 heteroatoms. The van der Waals surface area contributed by atoms with E-state index in [2.05, 4.69) is 5.32 Å². The van der Waals surface area contributed by atoms with Crippen LogP contribution in [-0.2, 0) is 4.74 Å². The van der Waals surface area contributed by atoms with Gasteiger partial charge in [-0.15, -0.1) is 0 Å². The molecule has 0 unspecified atom stereocenters. The Kier molecular flexibility index (Phi) is 4.10. The van der Waals surface area contributed by atoms with E-state index in [1.165, 1.54) is 0 Å². The molecule has 2 rings (SSSR count). The van der Waals surface area contributed by atoms with E-state index in [1.54, 1.807) is 24.3 Å². The van der Waals surface area contributed by atoms with Gasteiger partial charge in [0.2, 0.25) is 0 Å². The van der Waals surface area contributed by atoms with Crippen molar-refractivity contribution in [3.05, 3.63) is 29.8 Å². The van der Waals surface area contributed by atoms with Gasteiger partial charge in [-0.05, 0) is 64.0 Å². The topological polar surface area (TPSA) is 64.3 Å². The highest BCUT2D eigenvalue weighted by Crippen LogP contribution is 2.29. The second-order valence-corrected chi connectivity index (χ2v) is 5.64. The number of hydrogen-bond acceptors (Lipinski definition) is 4. The van der Waals surface area contributed by atoms with Gasteiger partial charge < -0.3 is 15.8 Å². The molecule has 0 bridgehead atoms. The first-order valence-corrected chi connectivity index (χ1v) is 6.78. The van der Waals surface area contributed by atoms with Crippen molar-refractivity contribution in [2.24, 2.45) is 5.92 Å². The molecule has 1 aliphatic heterocycles. The van der Waals surface area contributed by atoms with Crippen molar-refractivity contribution in [2.45, 2.75) is 32.3 Å². The fourth-order valence-electron chi connectivity index (χ4n) is 2.52. The number of piperidine rings is 1. The molecule has 1 aliphatic rings. The van der Waals surface area contributed by atoms with Crippen LogP contribution in [0, 0.1) is 5.92 Å². The maximum Gasteiger partial charge on any atom is 0.338 e. The minimum Gasteiger partial charge on any atom is -0.456 e. The molecule has 104 valence electrons. The molecule has 1 fully saturated rings. The third-order valence-corrected chi connectivity index (χ3v) is 3.82. The molecule has 3 N–H and O–H groups in total. The number of rotatable bonds is 3. The van der Waals surface area contributed by atoms with Crippen LogP contribution in [0.25, 0.3) is 0 Å². The van der Waals surface area contributed by atoms with Crippen LogP contribution >= 0.6 is 0 Å². The largest absolute Gasteiger partial charge is 0.456 e. The molecule has 1 heterocycles. The molecular weight excluding hydrogens is 240 g/mol. The molecule has 0 saturated carbocycles. The molecule has 0 aromatic heterocycles. The number of nitrogens with one attached hydrogen (secondary N) is 1. The third-order valence-electron chi connectivity index (χ3n) is 3.82. The van der Waals surface area contributed by atoms with Gasteiger partial charge in [0, 0.05) is 11.6 Å². The Morgan fingerprint density at radius 1 is 1.26 bits per heavy atom. The molecule has 0 atom stereocenters. The third kappa shape index (κ3) is 3.47. The average Bonchev–Trinajstić information content (AvgIpc) is 2.40. The fraction of sp³-hybridized carbons (Fsp3) is 0.533. The van der Waals surface area contributed by atoms with Gasteiger partial charge in [0.15, 0.2) is 0 Å². The zero-order valence-corrected chi connectivity index (χ0v) is 11.6. The highest BCUT2D eigenvalue weighted by molar-refractivity contribution is 5.90. The number of carbonyl (C=O) groups excluding carboxylic acids is 1.